The molecular formula is C17H18ClNOS. The fraction of sp³-hybridized carbons (Fsp3) is 0.235. The number of benzene rings is 2. The Hall–Kier alpha value is -1.45. The molecule has 1 amide bonds. The van der Waals surface area contributed by atoms with Crippen LogP contribution in [-0.2, 0) is 11.3 Å². The average Bonchev–Trinajstić information content (AvgIpc) is 2.52. The molecule has 0 aliphatic carbocycles. The predicted molar refractivity (Wildman–Crippen MR) is 89.7 cm³/mol. The normalized spacial score (nSPS) is 10.4. The van der Waals surface area contributed by atoms with Crippen LogP contribution in [0, 0.1) is 0 Å². The van der Waals surface area contributed by atoms with Crippen molar-refractivity contribution < 1.29 is 4.79 Å². The lowest BCUT2D eigenvalue weighted by Crippen LogP contribution is -2.31. The second-order valence-electron chi connectivity index (χ2n) is 4.64. The van der Waals surface area contributed by atoms with Crippen molar-refractivity contribution in [2.45, 2.75) is 18.4 Å². The third kappa shape index (κ3) is 5.10. The van der Waals surface area contributed by atoms with Gasteiger partial charge in [0.15, 0.2) is 0 Å². The smallest absolute Gasteiger partial charge is 0.233 e. The van der Waals surface area contributed by atoms with Crippen molar-refractivity contribution in [2.24, 2.45) is 0 Å². The van der Waals surface area contributed by atoms with E-state index in [2.05, 4.69) is 0 Å². The summed E-state index contributed by atoms with van der Waals surface area (Å²) >= 11 is 7.39. The second kappa shape index (κ2) is 8.11. The molecule has 21 heavy (non-hydrogen) atoms. The predicted octanol–water partition coefficient (Wildman–Crippen LogP) is 4.48. The van der Waals surface area contributed by atoms with Crippen LogP contribution in [-0.4, -0.2) is 23.1 Å². The molecule has 0 spiro atoms. The molecule has 0 aromatic heterocycles. The summed E-state index contributed by atoms with van der Waals surface area (Å²) in [5.74, 6) is 0.601. The van der Waals surface area contributed by atoms with E-state index in [1.165, 1.54) is 0 Å². The zero-order valence-corrected chi connectivity index (χ0v) is 13.5. The molecule has 0 aliphatic heterocycles. The Morgan fingerprint density at radius 1 is 1.10 bits per heavy atom. The molecule has 0 unspecified atom stereocenters. The van der Waals surface area contributed by atoms with Crippen LogP contribution >= 0.6 is 23.4 Å². The monoisotopic (exact) mass is 319 g/mol. The maximum Gasteiger partial charge on any atom is 0.233 e. The molecule has 110 valence electrons. The first-order valence-corrected chi connectivity index (χ1v) is 8.25. The molecule has 2 rings (SSSR count). The number of thioether (sulfide) groups is 1. The van der Waals surface area contributed by atoms with Gasteiger partial charge in [-0.15, -0.1) is 11.8 Å². The van der Waals surface area contributed by atoms with E-state index < -0.39 is 0 Å². The van der Waals surface area contributed by atoms with Crippen molar-refractivity contribution in [1.29, 1.82) is 0 Å². The molecule has 0 N–H and O–H groups in total. The lowest BCUT2D eigenvalue weighted by atomic mass is 10.2. The van der Waals surface area contributed by atoms with Gasteiger partial charge in [-0.3, -0.25) is 4.79 Å². The zero-order valence-electron chi connectivity index (χ0n) is 12.0. The summed E-state index contributed by atoms with van der Waals surface area (Å²) in [6.45, 7) is 3.39. The van der Waals surface area contributed by atoms with Crippen LogP contribution in [0.4, 0.5) is 0 Å². The number of hydrogen-bond donors (Lipinski definition) is 0. The van der Waals surface area contributed by atoms with Gasteiger partial charge in [-0.05, 0) is 36.8 Å². The van der Waals surface area contributed by atoms with Gasteiger partial charge in [0.05, 0.1) is 5.75 Å². The van der Waals surface area contributed by atoms with Crippen LogP contribution in [0.1, 0.15) is 12.5 Å². The summed E-state index contributed by atoms with van der Waals surface area (Å²) in [7, 11) is 0. The highest BCUT2D eigenvalue weighted by molar-refractivity contribution is 8.00. The quantitative estimate of drug-likeness (QED) is 0.732. The van der Waals surface area contributed by atoms with E-state index in [9.17, 15) is 4.79 Å². The van der Waals surface area contributed by atoms with E-state index in [4.69, 9.17) is 11.6 Å². The van der Waals surface area contributed by atoms with Crippen LogP contribution in [0.2, 0.25) is 5.02 Å². The van der Waals surface area contributed by atoms with Crippen LogP contribution in [0.5, 0.6) is 0 Å². The highest BCUT2D eigenvalue weighted by atomic mass is 35.5. The SMILES string of the molecule is CCN(Cc1ccccc1)C(=O)CSc1ccc(Cl)cc1. The minimum atomic E-state index is 0.154. The third-order valence-corrected chi connectivity index (χ3v) is 4.38. The molecule has 0 fully saturated rings. The maximum atomic E-state index is 12.3. The summed E-state index contributed by atoms with van der Waals surface area (Å²) in [6, 6.07) is 17.6. The Kier molecular flexibility index (Phi) is 6.15. The summed E-state index contributed by atoms with van der Waals surface area (Å²) in [5, 5.41) is 0.713. The Balaban J connectivity index is 1.89. The minimum Gasteiger partial charge on any atom is -0.338 e. The van der Waals surface area contributed by atoms with Crippen molar-refractivity contribution in [1.82, 2.24) is 4.90 Å². The van der Waals surface area contributed by atoms with Gasteiger partial charge in [0.2, 0.25) is 5.91 Å². The van der Waals surface area contributed by atoms with Crippen LogP contribution in [0.25, 0.3) is 0 Å². The van der Waals surface area contributed by atoms with E-state index in [0.29, 0.717) is 17.3 Å². The molecule has 0 heterocycles. The fourth-order valence-electron chi connectivity index (χ4n) is 1.95. The van der Waals surface area contributed by atoms with Gasteiger partial charge >= 0.3 is 0 Å². The molecule has 0 aliphatic rings. The van der Waals surface area contributed by atoms with Gasteiger partial charge in [0.1, 0.15) is 0 Å². The number of hydrogen-bond acceptors (Lipinski definition) is 2. The number of amides is 1. The zero-order chi connectivity index (χ0) is 15.1. The number of nitrogens with zero attached hydrogens (tertiary/aromatic N) is 1. The largest absolute Gasteiger partial charge is 0.338 e. The van der Waals surface area contributed by atoms with E-state index >= 15 is 0 Å². The van der Waals surface area contributed by atoms with Gasteiger partial charge in [-0.25, -0.2) is 0 Å². The maximum absolute atomic E-state index is 12.3. The van der Waals surface area contributed by atoms with E-state index in [0.717, 1.165) is 17.0 Å². The van der Waals surface area contributed by atoms with Crippen molar-refractivity contribution in [3.63, 3.8) is 0 Å². The number of carbonyl (C=O) groups excluding carboxylic acids is 1. The van der Waals surface area contributed by atoms with Crippen molar-refractivity contribution in [3.05, 3.63) is 65.2 Å². The molecule has 0 atom stereocenters. The minimum absolute atomic E-state index is 0.154. The van der Waals surface area contributed by atoms with E-state index in [1.54, 1.807) is 11.8 Å². The van der Waals surface area contributed by atoms with Crippen molar-refractivity contribution >= 4 is 29.3 Å². The van der Waals surface area contributed by atoms with Gasteiger partial charge in [0, 0.05) is 23.0 Å². The molecule has 4 heteroatoms. The highest BCUT2D eigenvalue weighted by Gasteiger charge is 2.12. The van der Waals surface area contributed by atoms with Gasteiger partial charge in [-0.1, -0.05) is 41.9 Å². The molecule has 0 saturated heterocycles. The van der Waals surface area contributed by atoms with Crippen molar-refractivity contribution in [2.75, 3.05) is 12.3 Å². The first-order chi connectivity index (χ1) is 10.2. The Labute approximate surface area is 135 Å². The number of carbonyl (C=O) groups is 1. The molecular weight excluding hydrogens is 302 g/mol. The Morgan fingerprint density at radius 3 is 2.38 bits per heavy atom. The highest BCUT2D eigenvalue weighted by Crippen LogP contribution is 2.21. The molecule has 0 saturated carbocycles. The molecule has 2 nitrogen and oxygen atoms in total. The molecule has 0 bridgehead atoms. The first-order valence-electron chi connectivity index (χ1n) is 6.89. The molecule has 0 radical (unpaired) electrons. The molecule has 2 aromatic carbocycles. The summed E-state index contributed by atoms with van der Waals surface area (Å²) in [5.41, 5.74) is 1.16. The topological polar surface area (TPSA) is 20.3 Å². The van der Waals surface area contributed by atoms with Gasteiger partial charge in [0.25, 0.3) is 0 Å². The number of halogens is 1. The Morgan fingerprint density at radius 2 is 1.76 bits per heavy atom. The Bertz CT molecular complexity index is 571. The summed E-state index contributed by atoms with van der Waals surface area (Å²) < 4.78 is 0. The van der Waals surface area contributed by atoms with E-state index in [1.807, 2.05) is 66.4 Å². The number of rotatable bonds is 6. The van der Waals surface area contributed by atoms with Crippen LogP contribution in [0.3, 0.4) is 0 Å². The van der Waals surface area contributed by atoms with E-state index in [-0.39, 0.29) is 5.91 Å². The van der Waals surface area contributed by atoms with Gasteiger partial charge in [-0.2, -0.15) is 0 Å². The average molecular weight is 320 g/mol. The van der Waals surface area contributed by atoms with Crippen molar-refractivity contribution in [3.8, 4) is 0 Å². The third-order valence-electron chi connectivity index (χ3n) is 3.13. The van der Waals surface area contributed by atoms with Crippen LogP contribution in [0.15, 0.2) is 59.5 Å². The first kappa shape index (κ1) is 15.9. The summed E-state index contributed by atoms with van der Waals surface area (Å²) in [6.07, 6.45) is 0. The van der Waals surface area contributed by atoms with Gasteiger partial charge < -0.3 is 4.90 Å². The fourth-order valence-corrected chi connectivity index (χ4v) is 2.87. The van der Waals surface area contributed by atoms with Crippen LogP contribution < -0.4 is 0 Å². The standard InChI is InChI=1S/C17H18ClNOS/c1-2-19(12-14-6-4-3-5-7-14)17(20)13-21-16-10-8-15(18)9-11-16/h3-11H,2,12-13H2,1H3. The molecule has 2 aromatic rings. The lowest BCUT2D eigenvalue weighted by molar-refractivity contribution is -0.128. The lowest BCUT2D eigenvalue weighted by Gasteiger charge is -2.20. The summed E-state index contributed by atoms with van der Waals surface area (Å²) in [4.78, 5) is 15.2. The second-order valence-corrected chi connectivity index (χ2v) is 6.12.